The summed E-state index contributed by atoms with van der Waals surface area (Å²) in [4.78, 5) is 16.9. The van der Waals surface area contributed by atoms with E-state index >= 15 is 0 Å². The van der Waals surface area contributed by atoms with Crippen LogP contribution in [0.1, 0.15) is 24.8 Å². The Kier molecular flexibility index (Phi) is 5.05. The Hall–Kier alpha value is -1.46. The molecule has 22 heavy (non-hydrogen) atoms. The van der Waals surface area contributed by atoms with Crippen molar-refractivity contribution in [3.8, 4) is 0 Å². The molecule has 0 N–H and O–H groups in total. The van der Waals surface area contributed by atoms with E-state index in [9.17, 15) is 9.18 Å². The number of likely N-dealkylation sites (tertiary alicyclic amines) is 1. The summed E-state index contributed by atoms with van der Waals surface area (Å²) >= 11 is 0. The Morgan fingerprint density at radius 1 is 1.14 bits per heavy atom. The summed E-state index contributed by atoms with van der Waals surface area (Å²) in [5.74, 6) is 0.00782. The Labute approximate surface area is 130 Å². The number of piperidine rings is 1. The number of rotatable bonds is 3. The van der Waals surface area contributed by atoms with Crippen molar-refractivity contribution >= 4 is 5.91 Å². The fourth-order valence-corrected chi connectivity index (χ4v) is 3.28. The quantitative estimate of drug-likeness (QED) is 0.857. The van der Waals surface area contributed by atoms with Crippen LogP contribution in [0.25, 0.3) is 0 Å². The van der Waals surface area contributed by atoms with Gasteiger partial charge in [-0.3, -0.25) is 9.69 Å². The molecule has 1 aromatic rings. The van der Waals surface area contributed by atoms with Crippen molar-refractivity contribution in [2.24, 2.45) is 0 Å². The SMILES string of the molecule is O=C([C@@H]1CCCCN1Cc1ccc(F)cc1)N1CCOCC1. The Bertz CT molecular complexity index is 500. The van der Waals surface area contributed by atoms with Gasteiger partial charge in [-0.1, -0.05) is 18.6 Å². The predicted molar refractivity (Wildman–Crippen MR) is 81.8 cm³/mol. The van der Waals surface area contributed by atoms with Crippen LogP contribution in [0.3, 0.4) is 0 Å². The first-order valence-electron chi connectivity index (χ1n) is 8.09. The van der Waals surface area contributed by atoms with Gasteiger partial charge in [-0.25, -0.2) is 4.39 Å². The first kappa shape index (κ1) is 15.4. The number of halogens is 1. The first-order valence-corrected chi connectivity index (χ1v) is 8.09. The standard InChI is InChI=1S/C17H23FN2O2/c18-15-6-4-14(5-7-15)13-20-8-2-1-3-16(20)17(21)19-9-11-22-12-10-19/h4-7,16H,1-3,8-13H2/t16-/m0/s1. The number of carbonyl (C=O) groups excluding carboxylic acids is 1. The second kappa shape index (κ2) is 7.20. The fraction of sp³-hybridized carbons (Fsp3) is 0.588. The zero-order valence-corrected chi connectivity index (χ0v) is 12.8. The van der Waals surface area contributed by atoms with E-state index in [0.29, 0.717) is 32.8 Å². The van der Waals surface area contributed by atoms with E-state index in [1.165, 1.54) is 12.1 Å². The third kappa shape index (κ3) is 3.65. The minimum absolute atomic E-state index is 0.0445. The molecule has 2 saturated heterocycles. The molecule has 0 radical (unpaired) electrons. The van der Waals surface area contributed by atoms with E-state index in [1.54, 1.807) is 12.1 Å². The monoisotopic (exact) mass is 306 g/mol. The van der Waals surface area contributed by atoms with Crippen molar-refractivity contribution in [3.63, 3.8) is 0 Å². The van der Waals surface area contributed by atoms with Crippen molar-refractivity contribution in [1.29, 1.82) is 0 Å². The number of benzene rings is 1. The van der Waals surface area contributed by atoms with E-state index < -0.39 is 0 Å². The molecule has 0 aromatic heterocycles. The summed E-state index contributed by atoms with van der Waals surface area (Å²) in [6.07, 6.45) is 3.13. The van der Waals surface area contributed by atoms with Crippen LogP contribution in [0.5, 0.6) is 0 Å². The maximum Gasteiger partial charge on any atom is 0.240 e. The number of nitrogens with zero attached hydrogens (tertiary/aromatic N) is 2. The third-order valence-corrected chi connectivity index (χ3v) is 4.52. The molecule has 3 rings (SSSR count). The maximum absolute atomic E-state index is 13.0. The van der Waals surface area contributed by atoms with Crippen LogP contribution in [-0.4, -0.2) is 54.6 Å². The molecule has 5 heteroatoms. The summed E-state index contributed by atoms with van der Waals surface area (Å²) < 4.78 is 18.4. The summed E-state index contributed by atoms with van der Waals surface area (Å²) in [6.45, 7) is 4.30. The summed E-state index contributed by atoms with van der Waals surface area (Å²) in [6, 6.07) is 6.54. The zero-order valence-electron chi connectivity index (χ0n) is 12.8. The molecule has 4 nitrogen and oxygen atoms in total. The van der Waals surface area contributed by atoms with Crippen LogP contribution in [-0.2, 0) is 16.1 Å². The summed E-state index contributed by atoms with van der Waals surface area (Å²) in [7, 11) is 0. The normalized spacial score (nSPS) is 23.5. The molecule has 0 bridgehead atoms. The summed E-state index contributed by atoms with van der Waals surface area (Å²) in [5.41, 5.74) is 1.06. The van der Waals surface area contributed by atoms with Gasteiger partial charge in [0.2, 0.25) is 5.91 Å². The second-order valence-corrected chi connectivity index (χ2v) is 6.05. The van der Waals surface area contributed by atoms with Crippen LogP contribution in [0, 0.1) is 5.82 Å². The second-order valence-electron chi connectivity index (χ2n) is 6.05. The molecule has 0 aliphatic carbocycles. The molecular formula is C17H23FN2O2. The van der Waals surface area contributed by atoms with E-state index in [-0.39, 0.29) is 17.8 Å². The third-order valence-electron chi connectivity index (χ3n) is 4.52. The van der Waals surface area contributed by atoms with Gasteiger partial charge in [0.05, 0.1) is 19.3 Å². The average Bonchev–Trinajstić information content (AvgIpc) is 2.58. The Morgan fingerprint density at radius 3 is 2.59 bits per heavy atom. The van der Waals surface area contributed by atoms with Crippen LogP contribution >= 0.6 is 0 Å². The lowest BCUT2D eigenvalue weighted by Gasteiger charge is -2.38. The van der Waals surface area contributed by atoms with Gasteiger partial charge in [0.25, 0.3) is 0 Å². The molecule has 1 atom stereocenters. The van der Waals surface area contributed by atoms with Gasteiger partial charge in [0.15, 0.2) is 0 Å². The Morgan fingerprint density at radius 2 is 1.86 bits per heavy atom. The van der Waals surface area contributed by atoms with E-state index in [1.807, 2.05) is 4.90 Å². The van der Waals surface area contributed by atoms with Gasteiger partial charge in [0.1, 0.15) is 5.82 Å². The molecule has 2 aliphatic rings. The summed E-state index contributed by atoms with van der Waals surface area (Å²) in [5, 5.41) is 0. The molecule has 0 unspecified atom stereocenters. The number of morpholine rings is 1. The number of hydrogen-bond acceptors (Lipinski definition) is 3. The molecular weight excluding hydrogens is 283 g/mol. The van der Waals surface area contributed by atoms with E-state index in [4.69, 9.17) is 4.74 Å². The number of amides is 1. The van der Waals surface area contributed by atoms with Crippen molar-refractivity contribution in [2.75, 3.05) is 32.8 Å². The number of carbonyl (C=O) groups is 1. The number of hydrogen-bond donors (Lipinski definition) is 0. The van der Waals surface area contributed by atoms with Crippen molar-refractivity contribution in [1.82, 2.24) is 9.80 Å². The van der Waals surface area contributed by atoms with Crippen LogP contribution in [0.2, 0.25) is 0 Å². The van der Waals surface area contributed by atoms with Gasteiger partial charge in [-0.2, -0.15) is 0 Å². The first-order chi connectivity index (χ1) is 10.7. The average molecular weight is 306 g/mol. The highest BCUT2D eigenvalue weighted by Crippen LogP contribution is 2.22. The van der Waals surface area contributed by atoms with Crippen LogP contribution in [0.15, 0.2) is 24.3 Å². The zero-order chi connectivity index (χ0) is 15.4. The highest BCUT2D eigenvalue weighted by molar-refractivity contribution is 5.82. The van der Waals surface area contributed by atoms with Gasteiger partial charge in [0, 0.05) is 19.6 Å². The van der Waals surface area contributed by atoms with Gasteiger partial charge >= 0.3 is 0 Å². The molecule has 0 saturated carbocycles. The van der Waals surface area contributed by atoms with Crippen molar-refractivity contribution in [3.05, 3.63) is 35.6 Å². The van der Waals surface area contributed by atoms with Gasteiger partial charge in [-0.15, -0.1) is 0 Å². The molecule has 1 aromatic carbocycles. The lowest BCUT2D eigenvalue weighted by Crippen LogP contribution is -2.53. The molecule has 0 spiro atoms. The largest absolute Gasteiger partial charge is 0.378 e. The predicted octanol–water partition coefficient (Wildman–Crippen LogP) is 2.04. The smallest absolute Gasteiger partial charge is 0.240 e. The number of ether oxygens (including phenoxy) is 1. The van der Waals surface area contributed by atoms with E-state index in [0.717, 1.165) is 31.4 Å². The Balaban J connectivity index is 1.67. The molecule has 2 heterocycles. The van der Waals surface area contributed by atoms with Crippen LogP contribution in [0.4, 0.5) is 4.39 Å². The molecule has 2 fully saturated rings. The molecule has 2 aliphatic heterocycles. The van der Waals surface area contributed by atoms with Crippen molar-refractivity contribution < 1.29 is 13.9 Å². The highest BCUT2D eigenvalue weighted by atomic mass is 19.1. The van der Waals surface area contributed by atoms with E-state index in [2.05, 4.69) is 4.90 Å². The molecule has 120 valence electrons. The van der Waals surface area contributed by atoms with Crippen molar-refractivity contribution in [2.45, 2.75) is 31.8 Å². The maximum atomic E-state index is 13.0. The lowest BCUT2D eigenvalue weighted by atomic mass is 9.99. The van der Waals surface area contributed by atoms with Gasteiger partial charge < -0.3 is 9.64 Å². The minimum Gasteiger partial charge on any atom is -0.378 e. The highest BCUT2D eigenvalue weighted by Gasteiger charge is 2.32. The molecule has 1 amide bonds. The lowest BCUT2D eigenvalue weighted by molar-refractivity contribution is -0.142. The van der Waals surface area contributed by atoms with Gasteiger partial charge in [-0.05, 0) is 37.1 Å². The topological polar surface area (TPSA) is 32.8 Å². The fourth-order valence-electron chi connectivity index (χ4n) is 3.28. The van der Waals surface area contributed by atoms with Crippen LogP contribution < -0.4 is 0 Å². The minimum atomic E-state index is -0.219.